The highest BCUT2D eigenvalue weighted by Gasteiger charge is 2.13. The number of hydrogen-bond donors (Lipinski definition) is 2. The fourth-order valence-electron chi connectivity index (χ4n) is 2.82. The van der Waals surface area contributed by atoms with E-state index in [-0.39, 0.29) is 11.9 Å². The molecule has 118 valence electrons. The van der Waals surface area contributed by atoms with Gasteiger partial charge >= 0.3 is 0 Å². The maximum Gasteiger partial charge on any atom is 0.251 e. The first kappa shape index (κ1) is 15.3. The molecule has 3 heteroatoms. The molecule has 3 nitrogen and oxygen atoms in total. The number of carbonyl (C=O) groups is 1. The van der Waals surface area contributed by atoms with Crippen molar-refractivity contribution in [2.45, 2.75) is 33.7 Å². The van der Waals surface area contributed by atoms with E-state index in [1.165, 1.54) is 11.1 Å². The van der Waals surface area contributed by atoms with Crippen LogP contribution >= 0.6 is 0 Å². The van der Waals surface area contributed by atoms with Gasteiger partial charge in [-0.25, -0.2) is 0 Å². The number of carbonyl (C=O) groups excluding carboxylic acids is 1. The Morgan fingerprint density at radius 2 is 1.74 bits per heavy atom. The molecule has 1 aromatic heterocycles. The molecule has 1 heterocycles. The van der Waals surface area contributed by atoms with Crippen LogP contribution in [0.4, 0.5) is 0 Å². The van der Waals surface area contributed by atoms with E-state index in [4.69, 9.17) is 0 Å². The minimum absolute atomic E-state index is 0.0205. The number of benzene rings is 2. The summed E-state index contributed by atoms with van der Waals surface area (Å²) in [6.07, 6.45) is 0. The highest BCUT2D eigenvalue weighted by molar-refractivity contribution is 5.99. The van der Waals surface area contributed by atoms with Gasteiger partial charge in [0.25, 0.3) is 5.91 Å². The van der Waals surface area contributed by atoms with Crippen LogP contribution in [0, 0.1) is 20.8 Å². The number of fused-ring (bicyclic) bond motifs is 1. The van der Waals surface area contributed by atoms with Gasteiger partial charge in [-0.15, -0.1) is 0 Å². The van der Waals surface area contributed by atoms with Crippen molar-refractivity contribution in [3.8, 4) is 0 Å². The average molecular weight is 306 g/mol. The van der Waals surface area contributed by atoms with Gasteiger partial charge in [0.2, 0.25) is 0 Å². The van der Waals surface area contributed by atoms with Gasteiger partial charge in [-0.05, 0) is 57.0 Å². The van der Waals surface area contributed by atoms with Gasteiger partial charge in [0, 0.05) is 22.2 Å². The topological polar surface area (TPSA) is 44.9 Å². The molecule has 0 saturated carbocycles. The molecule has 0 spiro atoms. The second-order valence-corrected chi connectivity index (χ2v) is 6.24. The first-order chi connectivity index (χ1) is 11.0. The second kappa shape index (κ2) is 5.92. The smallest absolute Gasteiger partial charge is 0.251 e. The summed E-state index contributed by atoms with van der Waals surface area (Å²) in [4.78, 5) is 15.9. The van der Waals surface area contributed by atoms with Crippen molar-refractivity contribution in [1.82, 2.24) is 10.3 Å². The summed E-state index contributed by atoms with van der Waals surface area (Å²) in [6, 6.07) is 14.0. The number of hydrogen-bond acceptors (Lipinski definition) is 1. The zero-order valence-electron chi connectivity index (χ0n) is 14.0. The van der Waals surface area contributed by atoms with Crippen LogP contribution in [-0.2, 0) is 0 Å². The summed E-state index contributed by atoms with van der Waals surface area (Å²) < 4.78 is 0. The summed E-state index contributed by atoms with van der Waals surface area (Å²) >= 11 is 0. The molecular formula is C20H22N2O. The Morgan fingerprint density at radius 3 is 2.43 bits per heavy atom. The minimum atomic E-state index is -0.0433. The maximum absolute atomic E-state index is 12.5. The molecule has 1 amide bonds. The fraction of sp³-hybridized carbons (Fsp3) is 0.250. The van der Waals surface area contributed by atoms with Gasteiger partial charge in [0.05, 0.1) is 6.04 Å². The predicted molar refractivity (Wildman–Crippen MR) is 94.8 cm³/mol. The van der Waals surface area contributed by atoms with Gasteiger partial charge in [-0.3, -0.25) is 4.79 Å². The highest BCUT2D eigenvalue weighted by Crippen LogP contribution is 2.23. The molecule has 0 aliphatic rings. The summed E-state index contributed by atoms with van der Waals surface area (Å²) in [6.45, 7) is 8.19. The molecule has 23 heavy (non-hydrogen) atoms. The summed E-state index contributed by atoms with van der Waals surface area (Å²) in [5, 5.41) is 4.18. The molecule has 3 aromatic rings. The molecule has 0 saturated heterocycles. The zero-order chi connectivity index (χ0) is 16.6. The maximum atomic E-state index is 12.5. The van der Waals surface area contributed by atoms with Crippen molar-refractivity contribution in [3.63, 3.8) is 0 Å². The Morgan fingerprint density at radius 1 is 1.04 bits per heavy atom. The van der Waals surface area contributed by atoms with Crippen LogP contribution in [0.15, 0.2) is 42.5 Å². The molecule has 0 radical (unpaired) electrons. The molecule has 2 N–H and O–H groups in total. The van der Waals surface area contributed by atoms with Crippen LogP contribution in [0.2, 0.25) is 0 Å². The standard InChI is InChI=1S/C20H22N2O/c1-12-5-7-16(8-6-12)15(4)22-20(23)17-9-10-19-18(11-17)13(2)14(3)21-19/h5-11,15,21H,1-4H3,(H,22,23). The lowest BCUT2D eigenvalue weighted by molar-refractivity contribution is 0.0940. The average Bonchev–Trinajstić information content (AvgIpc) is 2.82. The largest absolute Gasteiger partial charge is 0.358 e. The van der Waals surface area contributed by atoms with Crippen molar-refractivity contribution >= 4 is 16.8 Å². The minimum Gasteiger partial charge on any atom is -0.358 e. The van der Waals surface area contributed by atoms with E-state index in [1.807, 2.05) is 25.1 Å². The molecule has 0 aliphatic heterocycles. The van der Waals surface area contributed by atoms with Crippen molar-refractivity contribution in [1.29, 1.82) is 0 Å². The highest BCUT2D eigenvalue weighted by atomic mass is 16.1. The van der Waals surface area contributed by atoms with Crippen LogP contribution in [0.25, 0.3) is 10.9 Å². The van der Waals surface area contributed by atoms with Crippen LogP contribution in [0.1, 0.15) is 45.7 Å². The number of aryl methyl sites for hydroxylation is 3. The lowest BCUT2D eigenvalue weighted by atomic mass is 10.1. The SMILES string of the molecule is Cc1ccc(C(C)NC(=O)c2ccc3[nH]c(C)c(C)c3c2)cc1. The van der Waals surface area contributed by atoms with Gasteiger partial charge in [0.1, 0.15) is 0 Å². The van der Waals surface area contributed by atoms with Crippen LogP contribution in [0.3, 0.4) is 0 Å². The van der Waals surface area contributed by atoms with Crippen molar-refractivity contribution < 1.29 is 4.79 Å². The first-order valence-corrected chi connectivity index (χ1v) is 7.92. The van der Waals surface area contributed by atoms with Gasteiger partial charge in [0.15, 0.2) is 0 Å². The van der Waals surface area contributed by atoms with Crippen molar-refractivity contribution in [2.24, 2.45) is 0 Å². The van der Waals surface area contributed by atoms with E-state index in [0.29, 0.717) is 5.56 Å². The summed E-state index contributed by atoms with van der Waals surface area (Å²) in [5.41, 5.74) is 6.43. The molecule has 0 fully saturated rings. The quantitative estimate of drug-likeness (QED) is 0.730. The number of rotatable bonds is 3. The third kappa shape index (κ3) is 3.00. The van der Waals surface area contributed by atoms with E-state index < -0.39 is 0 Å². The third-order valence-corrected chi connectivity index (χ3v) is 4.50. The molecule has 3 rings (SSSR count). The number of aromatic nitrogens is 1. The Labute approximate surface area is 136 Å². The monoisotopic (exact) mass is 306 g/mol. The number of aromatic amines is 1. The molecule has 0 bridgehead atoms. The Kier molecular flexibility index (Phi) is 3.95. The van der Waals surface area contributed by atoms with Gasteiger partial charge < -0.3 is 10.3 Å². The Bertz CT molecular complexity index is 859. The third-order valence-electron chi connectivity index (χ3n) is 4.50. The molecule has 1 atom stereocenters. The Balaban J connectivity index is 1.82. The molecule has 0 aliphatic carbocycles. The van der Waals surface area contributed by atoms with Gasteiger partial charge in [-0.2, -0.15) is 0 Å². The molecule has 2 aromatic carbocycles. The Hall–Kier alpha value is -2.55. The van der Waals surface area contributed by atoms with E-state index >= 15 is 0 Å². The van der Waals surface area contributed by atoms with Crippen LogP contribution in [0.5, 0.6) is 0 Å². The number of amides is 1. The van der Waals surface area contributed by atoms with Crippen molar-refractivity contribution in [2.75, 3.05) is 0 Å². The lowest BCUT2D eigenvalue weighted by Gasteiger charge is -2.14. The summed E-state index contributed by atoms with van der Waals surface area (Å²) in [5.74, 6) is -0.0433. The fourth-order valence-corrected chi connectivity index (χ4v) is 2.82. The van der Waals surface area contributed by atoms with E-state index in [2.05, 4.69) is 55.3 Å². The normalized spacial score (nSPS) is 12.3. The van der Waals surface area contributed by atoms with E-state index in [9.17, 15) is 4.79 Å². The molecular weight excluding hydrogens is 284 g/mol. The van der Waals surface area contributed by atoms with Crippen molar-refractivity contribution in [3.05, 3.63) is 70.4 Å². The number of H-pyrrole nitrogens is 1. The molecule has 1 unspecified atom stereocenters. The van der Waals surface area contributed by atoms with Gasteiger partial charge in [-0.1, -0.05) is 29.8 Å². The zero-order valence-corrected chi connectivity index (χ0v) is 14.0. The van der Waals surface area contributed by atoms with E-state index in [0.717, 1.165) is 22.2 Å². The van der Waals surface area contributed by atoms with Crippen LogP contribution in [-0.4, -0.2) is 10.9 Å². The summed E-state index contributed by atoms with van der Waals surface area (Å²) in [7, 11) is 0. The number of nitrogens with one attached hydrogen (secondary N) is 2. The first-order valence-electron chi connectivity index (χ1n) is 7.92. The lowest BCUT2D eigenvalue weighted by Crippen LogP contribution is -2.26. The second-order valence-electron chi connectivity index (χ2n) is 6.24. The predicted octanol–water partition coefficient (Wildman–Crippen LogP) is 4.58. The van der Waals surface area contributed by atoms with Crippen LogP contribution < -0.4 is 5.32 Å². The van der Waals surface area contributed by atoms with E-state index in [1.54, 1.807) is 0 Å².